The Kier molecular flexibility index (Phi) is 7.56. The molecule has 8 heteroatoms. The van der Waals surface area contributed by atoms with Crippen LogP contribution in [-0.4, -0.2) is 62.2 Å². The number of anilines is 1. The van der Waals surface area contributed by atoms with Crippen LogP contribution in [0.4, 0.5) is 5.82 Å². The molecule has 1 amide bonds. The molecule has 0 atom stereocenters. The van der Waals surface area contributed by atoms with E-state index in [0.717, 1.165) is 29.4 Å². The highest BCUT2D eigenvalue weighted by Gasteiger charge is 2.28. The van der Waals surface area contributed by atoms with Crippen LogP contribution < -0.4 is 4.90 Å². The molecule has 1 aromatic heterocycles. The Morgan fingerprint density at radius 3 is 2.34 bits per heavy atom. The van der Waals surface area contributed by atoms with Crippen LogP contribution in [0, 0.1) is 0 Å². The van der Waals surface area contributed by atoms with Gasteiger partial charge in [0.05, 0.1) is 10.4 Å². The van der Waals surface area contributed by atoms with E-state index >= 15 is 0 Å². The molecule has 5 rings (SSSR count). The van der Waals surface area contributed by atoms with E-state index in [1.54, 1.807) is 17.0 Å². The molecule has 7 nitrogen and oxygen atoms in total. The number of amides is 1. The van der Waals surface area contributed by atoms with Crippen LogP contribution in [0.25, 0.3) is 10.9 Å². The maximum absolute atomic E-state index is 13.7. The predicted octanol–water partition coefficient (Wildman–Crippen LogP) is 4.58. The number of hydrogen-bond acceptors (Lipinski definition) is 5. The van der Waals surface area contributed by atoms with Crippen molar-refractivity contribution in [2.75, 3.05) is 38.6 Å². The Morgan fingerprint density at radius 2 is 1.58 bits per heavy atom. The van der Waals surface area contributed by atoms with E-state index in [4.69, 9.17) is 4.98 Å². The lowest BCUT2D eigenvalue weighted by molar-refractivity contribution is 0.0985. The van der Waals surface area contributed by atoms with Gasteiger partial charge in [0.15, 0.2) is 0 Å². The fourth-order valence-electron chi connectivity index (χ4n) is 4.82. The number of nitrogens with zero attached hydrogens (tertiary/aromatic N) is 4. The van der Waals surface area contributed by atoms with E-state index in [1.807, 2.05) is 74.8 Å². The van der Waals surface area contributed by atoms with E-state index in [2.05, 4.69) is 4.90 Å². The lowest BCUT2D eigenvalue weighted by atomic mass is 10.0. The topological polar surface area (TPSA) is 73.8 Å². The zero-order valence-electron chi connectivity index (χ0n) is 21.7. The summed E-state index contributed by atoms with van der Waals surface area (Å²) in [5.74, 6) is 0.374. The van der Waals surface area contributed by atoms with Crippen LogP contribution in [0.15, 0.2) is 89.8 Å². The zero-order valence-corrected chi connectivity index (χ0v) is 22.6. The number of hydrogen-bond donors (Lipinski definition) is 0. The van der Waals surface area contributed by atoms with E-state index in [1.165, 1.54) is 22.0 Å². The van der Waals surface area contributed by atoms with Crippen molar-refractivity contribution in [3.05, 3.63) is 102 Å². The first-order valence-electron chi connectivity index (χ1n) is 12.8. The minimum atomic E-state index is -3.68. The normalized spacial score (nSPS) is 14.0. The number of carbonyl (C=O) groups excluding carboxylic acids is 1. The largest absolute Gasteiger partial charge is 0.309 e. The summed E-state index contributed by atoms with van der Waals surface area (Å²) in [6.07, 6.45) is 1.46. The third-order valence-electron chi connectivity index (χ3n) is 6.93. The summed E-state index contributed by atoms with van der Waals surface area (Å²) in [5, 5.41) is 1.01. The van der Waals surface area contributed by atoms with Crippen molar-refractivity contribution in [3.8, 4) is 0 Å². The average Bonchev–Trinajstić information content (AvgIpc) is 2.94. The molecule has 2 heterocycles. The Bertz CT molecular complexity index is 1550. The van der Waals surface area contributed by atoms with Gasteiger partial charge in [-0.2, -0.15) is 4.31 Å². The average molecular weight is 529 g/mol. The van der Waals surface area contributed by atoms with Gasteiger partial charge >= 0.3 is 0 Å². The summed E-state index contributed by atoms with van der Waals surface area (Å²) in [4.78, 5) is 22.4. The number of carbonyl (C=O) groups is 1. The van der Waals surface area contributed by atoms with Crippen LogP contribution in [0.5, 0.6) is 0 Å². The SMILES string of the molecule is CN(C)CCCN(C(=O)c1ccc(S(=O)(=O)N2CCc3ccccc3C2)cc1)c1ccc2ccccc2n1. The van der Waals surface area contributed by atoms with Gasteiger partial charge < -0.3 is 4.90 Å². The van der Waals surface area contributed by atoms with Gasteiger partial charge in [0.1, 0.15) is 5.82 Å². The second-order valence-corrected chi connectivity index (χ2v) is 11.8. The summed E-state index contributed by atoms with van der Waals surface area (Å²) >= 11 is 0. The molecule has 0 bridgehead atoms. The number of para-hydroxylation sites is 1. The number of pyridine rings is 1. The van der Waals surface area contributed by atoms with Crippen molar-refractivity contribution >= 4 is 32.7 Å². The van der Waals surface area contributed by atoms with Crippen LogP contribution in [-0.2, 0) is 23.0 Å². The molecular weight excluding hydrogens is 496 g/mol. The van der Waals surface area contributed by atoms with Crippen molar-refractivity contribution in [2.45, 2.75) is 24.3 Å². The van der Waals surface area contributed by atoms with Gasteiger partial charge in [-0.05, 0) is 87.1 Å². The minimum Gasteiger partial charge on any atom is -0.309 e. The highest BCUT2D eigenvalue weighted by atomic mass is 32.2. The minimum absolute atomic E-state index is 0.191. The lowest BCUT2D eigenvalue weighted by Crippen LogP contribution is -2.36. The molecular formula is C30H32N4O3S. The summed E-state index contributed by atoms with van der Waals surface area (Å²) < 4.78 is 28.3. The van der Waals surface area contributed by atoms with Gasteiger partial charge in [0.2, 0.25) is 10.0 Å². The predicted molar refractivity (Wildman–Crippen MR) is 151 cm³/mol. The first kappa shape index (κ1) is 26.0. The van der Waals surface area contributed by atoms with Gasteiger partial charge in [-0.1, -0.05) is 42.5 Å². The highest BCUT2D eigenvalue weighted by Crippen LogP contribution is 2.26. The van der Waals surface area contributed by atoms with Crippen LogP contribution in [0.1, 0.15) is 27.9 Å². The van der Waals surface area contributed by atoms with Crippen molar-refractivity contribution in [3.63, 3.8) is 0 Å². The van der Waals surface area contributed by atoms with Crippen molar-refractivity contribution < 1.29 is 13.2 Å². The Balaban J connectivity index is 1.39. The van der Waals surface area contributed by atoms with Gasteiger partial charge in [-0.15, -0.1) is 0 Å². The second-order valence-electron chi connectivity index (χ2n) is 9.86. The molecule has 0 spiro atoms. The highest BCUT2D eigenvalue weighted by molar-refractivity contribution is 7.89. The summed E-state index contributed by atoms with van der Waals surface area (Å²) in [6, 6.07) is 25.9. The molecule has 0 saturated heterocycles. The molecule has 196 valence electrons. The molecule has 0 radical (unpaired) electrons. The Hall–Kier alpha value is -3.59. The molecule has 0 aliphatic carbocycles. The number of aromatic nitrogens is 1. The first-order chi connectivity index (χ1) is 18.3. The van der Waals surface area contributed by atoms with Gasteiger partial charge in [0.25, 0.3) is 5.91 Å². The van der Waals surface area contributed by atoms with Gasteiger partial charge in [-0.3, -0.25) is 9.69 Å². The number of sulfonamides is 1. The zero-order chi connectivity index (χ0) is 26.7. The van der Waals surface area contributed by atoms with Crippen molar-refractivity contribution in [1.29, 1.82) is 0 Å². The number of rotatable bonds is 8. The molecule has 0 N–H and O–H groups in total. The fraction of sp³-hybridized carbons (Fsp3) is 0.267. The lowest BCUT2D eigenvalue weighted by Gasteiger charge is -2.28. The maximum Gasteiger partial charge on any atom is 0.259 e. The van der Waals surface area contributed by atoms with Gasteiger partial charge in [0, 0.05) is 30.6 Å². The molecule has 0 fully saturated rings. The molecule has 38 heavy (non-hydrogen) atoms. The molecule has 3 aromatic carbocycles. The first-order valence-corrected chi connectivity index (χ1v) is 14.3. The summed E-state index contributed by atoms with van der Waals surface area (Å²) in [7, 11) is 0.324. The van der Waals surface area contributed by atoms with Crippen molar-refractivity contribution in [1.82, 2.24) is 14.2 Å². The monoisotopic (exact) mass is 528 g/mol. The van der Waals surface area contributed by atoms with Crippen molar-refractivity contribution in [2.24, 2.45) is 0 Å². The maximum atomic E-state index is 13.7. The smallest absolute Gasteiger partial charge is 0.259 e. The Labute approximate surface area is 224 Å². The third kappa shape index (κ3) is 5.48. The van der Waals surface area contributed by atoms with E-state index in [9.17, 15) is 13.2 Å². The van der Waals surface area contributed by atoms with Gasteiger partial charge in [-0.25, -0.2) is 13.4 Å². The van der Waals surface area contributed by atoms with E-state index in [-0.39, 0.29) is 10.8 Å². The Morgan fingerprint density at radius 1 is 0.868 bits per heavy atom. The number of benzene rings is 3. The van der Waals surface area contributed by atoms with E-state index < -0.39 is 10.0 Å². The standard InChI is InChI=1S/C30H32N4O3S/c1-32(2)19-7-20-34(29-17-14-24-9-5-6-11-28(24)31-29)30(35)25-12-15-27(16-13-25)38(36,37)33-21-18-23-8-3-4-10-26(23)22-33/h3-6,8-17H,7,18-22H2,1-2H3. The molecule has 1 aliphatic heterocycles. The second kappa shape index (κ2) is 11.0. The number of fused-ring (bicyclic) bond motifs is 2. The van der Waals surface area contributed by atoms with Crippen LogP contribution in [0.3, 0.4) is 0 Å². The molecule has 0 unspecified atom stereocenters. The van der Waals surface area contributed by atoms with Crippen LogP contribution >= 0.6 is 0 Å². The molecule has 4 aromatic rings. The van der Waals surface area contributed by atoms with Crippen LogP contribution in [0.2, 0.25) is 0 Å². The molecule has 0 saturated carbocycles. The third-order valence-corrected chi connectivity index (χ3v) is 8.79. The summed E-state index contributed by atoms with van der Waals surface area (Å²) in [5.41, 5.74) is 3.47. The summed E-state index contributed by atoms with van der Waals surface area (Å²) in [6.45, 7) is 2.11. The fourth-order valence-corrected chi connectivity index (χ4v) is 6.24. The quantitative estimate of drug-likeness (QED) is 0.335. The van der Waals surface area contributed by atoms with E-state index in [0.29, 0.717) is 37.4 Å². The molecule has 1 aliphatic rings.